The molecule has 1 rings (SSSR count). The fourth-order valence-corrected chi connectivity index (χ4v) is 2.14. The summed E-state index contributed by atoms with van der Waals surface area (Å²) in [5.74, 6) is 1.58. The Hall–Kier alpha value is -0.940. The van der Waals surface area contributed by atoms with Crippen LogP contribution in [-0.2, 0) is 0 Å². The molecular weight excluding hydrogens is 276 g/mol. The molecule has 1 aromatic carbocycles. The number of aliphatic hydroxyl groups excluding tert-OH is 1. The number of hydrogen-bond donors (Lipinski definition) is 1. The van der Waals surface area contributed by atoms with Crippen LogP contribution in [0.4, 0.5) is 0 Å². The molecule has 0 aliphatic heterocycles. The molecule has 0 radical (unpaired) electrons. The van der Waals surface area contributed by atoms with Crippen molar-refractivity contribution in [3.8, 4) is 17.2 Å². The van der Waals surface area contributed by atoms with Gasteiger partial charge in [-0.15, -0.1) is 0 Å². The van der Waals surface area contributed by atoms with E-state index in [9.17, 15) is 5.11 Å². The molecule has 1 aromatic rings. The van der Waals surface area contributed by atoms with Crippen LogP contribution in [-0.4, -0.2) is 26.4 Å². The Bertz CT molecular complexity index is 377. The summed E-state index contributed by atoms with van der Waals surface area (Å²) in [6, 6.07) is 1.74. The third kappa shape index (κ3) is 2.25. The molecular formula is C11H15BrO4. The molecule has 0 spiro atoms. The molecule has 0 saturated carbocycles. The molecule has 4 nitrogen and oxygen atoms in total. The Morgan fingerprint density at radius 3 is 2.06 bits per heavy atom. The minimum Gasteiger partial charge on any atom is -0.495 e. The second-order valence-electron chi connectivity index (χ2n) is 3.22. The zero-order valence-corrected chi connectivity index (χ0v) is 11.3. The summed E-state index contributed by atoms with van der Waals surface area (Å²) in [7, 11) is 4.61. The number of hydrogen-bond acceptors (Lipinski definition) is 4. The van der Waals surface area contributed by atoms with E-state index in [4.69, 9.17) is 14.2 Å². The van der Waals surface area contributed by atoms with Crippen molar-refractivity contribution in [2.24, 2.45) is 0 Å². The Balaban J connectivity index is 3.53. The molecule has 5 heteroatoms. The summed E-state index contributed by atoms with van der Waals surface area (Å²) < 4.78 is 16.4. The fraction of sp³-hybridized carbons (Fsp3) is 0.455. The minimum atomic E-state index is -0.712. The number of aliphatic hydroxyl groups is 1. The third-order valence-corrected chi connectivity index (χ3v) is 2.82. The van der Waals surface area contributed by atoms with Crippen LogP contribution >= 0.6 is 15.9 Å². The highest BCUT2D eigenvalue weighted by Gasteiger charge is 2.22. The highest BCUT2D eigenvalue weighted by molar-refractivity contribution is 9.10. The highest BCUT2D eigenvalue weighted by atomic mass is 79.9. The largest absolute Gasteiger partial charge is 0.495 e. The Labute approximate surface area is 103 Å². The molecule has 1 unspecified atom stereocenters. The van der Waals surface area contributed by atoms with Crippen molar-refractivity contribution in [1.29, 1.82) is 0 Å². The van der Waals surface area contributed by atoms with Crippen LogP contribution in [0.25, 0.3) is 0 Å². The van der Waals surface area contributed by atoms with Crippen LogP contribution in [0, 0.1) is 0 Å². The topological polar surface area (TPSA) is 47.9 Å². The molecule has 0 amide bonds. The van der Waals surface area contributed by atoms with E-state index in [-0.39, 0.29) is 0 Å². The zero-order chi connectivity index (χ0) is 12.3. The van der Waals surface area contributed by atoms with Gasteiger partial charge in [0.25, 0.3) is 0 Å². The second-order valence-corrected chi connectivity index (χ2v) is 4.07. The van der Waals surface area contributed by atoms with E-state index in [0.29, 0.717) is 27.3 Å². The Morgan fingerprint density at radius 1 is 1.12 bits per heavy atom. The maximum Gasteiger partial charge on any atom is 0.170 e. The van der Waals surface area contributed by atoms with Gasteiger partial charge >= 0.3 is 0 Å². The molecule has 0 fully saturated rings. The van der Waals surface area contributed by atoms with Gasteiger partial charge in [-0.3, -0.25) is 0 Å². The van der Waals surface area contributed by atoms with Crippen molar-refractivity contribution >= 4 is 15.9 Å². The molecule has 16 heavy (non-hydrogen) atoms. The predicted octanol–water partition coefficient (Wildman–Crippen LogP) is 2.53. The quantitative estimate of drug-likeness (QED) is 0.926. The number of halogens is 1. The van der Waals surface area contributed by atoms with Gasteiger partial charge in [0.05, 0.1) is 37.5 Å². The maximum atomic E-state index is 9.76. The van der Waals surface area contributed by atoms with Gasteiger partial charge in [-0.1, -0.05) is 0 Å². The standard InChI is InChI=1S/C11H15BrO4/c1-6(13)9-10(15-3)7(12)5-8(14-2)11(9)16-4/h5-6,13H,1-4H3. The van der Waals surface area contributed by atoms with Crippen LogP contribution in [0.15, 0.2) is 10.5 Å². The molecule has 1 N–H and O–H groups in total. The van der Waals surface area contributed by atoms with Crippen LogP contribution in [0.2, 0.25) is 0 Å². The third-order valence-electron chi connectivity index (χ3n) is 2.23. The summed E-state index contributed by atoms with van der Waals surface area (Å²) in [6.07, 6.45) is -0.712. The Morgan fingerprint density at radius 2 is 1.69 bits per heavy atom. The zero-order valence-electron chi connectivity index (χ0n) is 9.70. The van der Waals surface area contributed by atoms with E-state index < -0.39 is 6.10 Å². The normalized spacial score (nSPS) is 12.1. The lowest BCUT2D eigenvalue weighted by Gasteiger charge is -2.19. The minimum absolute atomic E-state index is 0.484. The van der Waals surface area contributed by atoms with E-state index in [2.05, 4.69) is 15.9 Å². The summed E-state index contributed by atoms with van der Waals surface area (Å²) in [5, 5.41) is 9.76. The molecule has 90 valence electrons. The smallest absolute Gasteiger partial charge is 0.170 e. The monoisotopic (exact) mass is 290 g/mol. The summed E-state index contributed by atoms with van der Waals surface area (Å²) >= 11 is 3.36. The summed E-state index contributed by atoms with van der Waals surface area (Å²) in [6.45, 7) is 1.65. The first-order valence-corrected chi connectivity index (χ1v) is 5.52. The van der Waals surface area contributed by atoms with Gasteiger partial charge in [0, 0.05) is 6.07 Å². The van der Waals surface area contributed by atoms with E-state index in [1.165, 1.54) is 14.2 Å². The van der Waals surface area contributed by atoms with Crippen molar-refractivity contribution in [2.45, 2.75) is 13.0 Å². The lowest BCUT2D eigenvalue weighted by molar-refractivity contribution is 0.187. The van der Waals surface area contributed by atoms with Gasteiger partial charge in [0.15, 0.2) is 11.5 Å². The molecule has 0 aliphatic carbocycles. The number of methoxy groups -OCH3 is 3. The summed E-state index contributed by atoms with van der Waals surface area (Å²) in [4.78, 5) is 0. The Kier molecular flexibility index (Phi) is 4.44. The average molecular weight is 291 g/mol. The SMILES string of the molecule is COc1cc(Br)c(OC)c(C(C)O)c1OC. The first-order chi connectivity index (χ1) is 7.56. The second kappa shape index (κ2) is 5.41. The van der Waals surface area contributed by atoms with E-state index in [0.717, 1.165) is 0 Å². The molecule has 0 aliphatic rings. The molecule has 1 atom stereocenters. The lowest BCUT2D eigenvalue weighted by Crippen LogP contribution is -2.03. The van der Waals surface area contributed by atoms with Crippen LogP contribution in [0.1, 0.15) is 18.6 Å². The maximum absolute atomic E-state index is 9.76. The van der Waals surface area contributed by atoms with E-state index >= 15 is 0 Å². The predicted molar refractivity (Wildman–Crippen MR) is 64.4 cm³/mol. The molecule has 0 aromatic heterocycles. The molecule has 0 heterocycles. The van der Waals surface area contributed by atoms with Gasteiger partial charge in [-0.2, -0.15) is 0 Å². The van der Waals surface area contributed by atoms with Crippen molar-refractivity contribution < 1.29 is 19.3 Å². The van der Waals surface area contributed by atoms with Crippen molar-refractivity contribution in [1.82, 2.24) is 0 Å². The van der Waals surface area contributed by atoms with Gasteiger partial charge in [0.1, 0.15) is 5.75 Å². The first-order valence-electron chi connectivity index (χ1n) is 4.73. The fourth-order valence-electron chi connectivity index (χ4n) is 1.56. The average Bonchev–Trinajstić information content (AvgIpc) is 2.27. The van der Waals surface area contributed by atoms with Crippen LogP contribution in [0.5, 0.6) is 17.2 Å². The van der Waals surface area contributed by atoms with Crippen molar-refractivity contribution in [3.63, 3.8) is 0 Å². The number of benzene rings is 1. The van der Waals surface area contributed by atoms with Crippen molar-refractivity contribution in [2.75, 3.05) is 21.3 Å². The molecule has 0 bridgehead atoms. The first kappa shape index (κ1) is 13.1. The van der Waals surface area contributed by atoms with Gasteiger partial charge < -0.3 is 19.3 Å². The van der Waals surface area contributed by atoms with Crippen LogP contribution < -0.4 is 14.2 Å². The van der Waals surface area contributed by atoms with Gasteiger partial charge in [-0.25, -0.2) is 0 Å². The van der Waals surface area contributed by atoms with E-state index in [1.54, 1.807) is 20.1 Å². The number of rotatable bonds is 4. The highest BCUT2D eigenvalue weighted by Crippen LogP contribution is 2.45. The van der Waals surface area contributed by atoms with Gasteiger partial charge in [-0.05, 0) is 22.9 Å². The molecule has 0 saturated heterocycles. The van der Waals surface area contributed by atoms with Crippen LogP contribution in [0.3, 0.4) is 0 Å². The van der Waals surface area contributed by atoms with Gasteiger partial charge in [0.2, 0.25) is 0 Å². The van der Waals surface area contributed by atoms with Crippen molar-refractivity contribution in [3.05, 3.63) is 16.1 Å². The van der Waals surface area contributed by atoms with E-state index in [1.807, 2.05) is 0 Å². The lowest BCUT2D eigenvalue weighted by atomic mass is 10.1. The summed E-state index contributed by atoms with van der Waals surface area (Å²) in [5.41, 5.74) is 0.566. The number of ether oxygens (including phenoxy) is 3.